The maximum Gasteiger partial charge on any atom is 0.321 e. The average Bonchev–Trinajstić information content (AvgIpc) is 2.44. The summed E-state index contributed by atoms with van der Waals surface area (Å²) in [7, 11) is 0. The van der Waals surface area contributed by atoms with Gasteiger partial charge in [0.15, 0.2) is 5.78 Å². The fourth-order valence-electron chi connectivity index (χ4n) is 1.03. The lowest BCUT2D eigenvalue weighted by Crippen LogP contribution is -2.34. The van der Waals surface area contributed by atoms with Crippen LogP contribution in [0.25, 0.3) is 0 Å². The van der Waals surface area contributed by atoms with Crippen molar-refractivity contribution in [2.45, 2.75) is 24.9 Å². The van der Waals surface area contributed by atoms with Crippen molar-refractivity contribution in [2.75, 3.05) is 18.8 Å². The Labute approximate surface area is 100 Å². The standard InChI is InChI=1S/C6H12N2O.C3H7NO2S/c7-5-2-1-3-8-4-6(5)9;4-2(1-7)3(5)6/h5,8H,1-4,7H2;2,7H,1,4H2,(H,5,6). The van der Waals surface area contributed by atoms with Gasteiger partial charge in [0.05, 0.1) is 12.6 Å². The van der Waals surface area contributed by atoms with Crippen LogP contribution < -0.4 is 16.8 Å². The van der Waals surface area contributed by atoms with Crippen LogP contribution in [0.5, 0.6) is 0 Å². The largest absolute Gasteiger partial charge is 0.480 e. The van der Waals surface area contributed by atoms with Crippen LogP contribution in [0.1, 0.15) is 12.8 Å². The third kappa shape index (κ3) is 6.78. The minimum absolute atomic E-state index is 0.146. The van der Waals surface area contributed by atoms with E-state index in [0.29, 0.717) is 6.54 Å². The van der Waals surface area contributed by atoms with Gasteiger partial charge in [0, 0.05) is 5.75 Å². The maximum atomic E-state index is 10.8. The lowest BCUT2D eigenvalue weighted by atomic mass is 10.1. The second kappa shape index (κ2) is 8.51. The van der Waals surface area contributed by atoms with Gasteiger partial charge >= 0.3 is 5.97 Å². The molecule has 0 spiro atoms. The lowest BCUT2D eigenvalue weighted by molar-refractivity contribution is -0.137. The molecule has 0 aliphatic carbocycles. The predicted molar refractivity (Wildman–Crippen MR) is 64.6 cm³/mol. The Morgan fingerprint density at radius 1 is 1.69 bits per heavy atom. The second-order valence-corrected chi connectivity index (χ2v) is 3.88. The zero-order valence-corrected chi connectivity index (χ0v) is 9.95. The molecule has 2 unspecified atom stereocenters. The summed E-state index contributed by atoms with van der Waals surface area (Å²) in [5.41, 5.74) is 10.4. The summed E-state index contributed by atoms with van der Waals surface area (Å²) in [5, 5.41) is 11.0. The van der Waals surface area contributed by atoms with Gasteiger partial charge in [0.2, 0.25) is 0 Å². The Hall–Kier alpha value is -0.630. The Kier molecular flexibility index (Phi) is 8.18. The third-order valence-corrected chi connectivity index (χ3v) is 2.49. The third-order valence-electron chi connectivity index (χ3n) is 2.10. The molecule has 0 radical (unpaired) electrons. The number of nitrogens with one attached hydrogen (secondary N) is 1. The summed E-state index contributed by atoms with van der Waals surface area (Å²) in [5.74, 6) is -0.669. The first kappa shape index (κ1) is 15.4. The van der Waals surface area contributed by atoms with Crippen LogP contribution in [0, 0.1) is 0 Å². The number of carbonyl (C=O) groups excluding carboxylic acids is 1. The number of rotatable bonds is 2. The molecule has 1 aliphatic heterocycles. The molecule has 0 bridgehead atoms. The van der Waals surface area contributed by atoms with E-state index < -0.39 is 12.0 Å². The van der Waals surface area contributed by atoms with Crippen molar-refractivity contribution in [1.82, 2.24) is 5.32 Å². The molecule has 0 saturated carbocycles. The molecule has 0 aromatic carbocycles. The molecule has 0 aromatic heterocycles. The molecule has 0 aromatic rings. The molecule has 1 fully saturated rings. The molecule has 1 heterocycles. The fourth-order valence-corrected chi connectivity index (χ4v) is 1.18. The van der Waals surface area contributed by atoms with Crippen LogP contribution in [-0.2, 0) is 9.59 Å². The number of hydrogen-bond acceptors (Lipinski definition) is 6. The quantitative estimate of drug-likeness (QED) is 0.384. The van der Waals surface area contributed by atoms with Crippen molar-refractivity contribution in [3.63, 3.8) is 0 Å². The van der Waals surface area contributed by atoms with E-state index in [9.17, 15) is 9.59 Å². The van der Waals surface area contributed by atoms with Crippen LogP contribution in [0.2, 0.25) is 0 Å². The van der Waals surface area contributed by atoms with Crippen LogP contribution >= 0.6 is 12.6 Å². The summed E-state index contributed by atoms with van der Waals surface area (Å²) in [6.07, 6.45) is 1.86. The van der Waals surface area contributed by atoms with Gasteiger partial charge in [-0.25, -0.2) is 0 Å². The first-order valence-corrected chi connectivity index (χ1v) is 5.70. The van der Waals surface area contributed by atoms with Gasteiger partial charge in [-0.1, -0.05) is 0 Å². The van der Waals surface area contributed by atoms with Gasteiger partial charge in [-0.15, -0.1) is 0 Å². The van der Waals surface area contributed by atoms with Gasteiger partial charge in [-0.05, 0) is 19.4 Å². The van der Waals surface area contributed by atoms with Gasteiger partial charge in [-0.2, -0.15) is 12.6 Å². The minimum atomic E-state index is -1.00. The highest BCUT2D eigenvalue weighted by atomic mass is 32.1. The molecule has 1 rings (SSSR count). The molecule has 6 N–H and O–H groups in total. The monoisotopic (exact) mass is 249 g/mol. The Morgan fingerprint density at radius 3 is 2.75 bits per heavy atom. The molecule has 1 aliphatic rings. The number of hydrogen-bond donors (Lipinski definition) is 5. The van der Waals surface area contributed by atoms with E-state index >= 15 is 0 Å². The molecule has 1 saturated heterocycles. The Balaban J connectivity index is 0.000000293. The highest BCUT2D eigenvalue weighted by Gasteiger charge is 2.14. The van der Waals surface area contributed by atoms with Crippen molar-refractivity contribution in [3.05, 3.63) is 0 Å². The zero-order chi connectivity index (χ0) is 12.6. The number of carboxylic acid groups (broad SMARTS) is 1. The van der Waals surface area contributed by atoms with Crippen molar-refractivity contribution in [2.24, 2.45) is 11.5 Å². The van der Waals surface area contributed by atoms with E-state index in [0.717, 1.165) is 19.4 Å². The van der Waals surface area contributed by atoms with E-state index in [2.05, 4.69) is 17.9 Å². The van der Waals surface area contributed by atoms with Crippen molar-refractivity contribution in [3.8, 4) is 0 Å². The highest BCUT2D eigenvalue weighted by Crippen LogP contribution is 1.97. The van der Waals surface area contributed by atoms with Gasteiger partial charge in [0.1, 0.15) is 6.04 Å². The van der Waals surface area contributed by atoms with Crippen LogP contribution in [0.4, 0.5) is 0 Å². The first-order chi connectivity index (χ1) is 7.49. The number of Topliss-reactive ketones (excluding diaryl/α,β-unsaturated/α-hetero) is 1. The fraction of sp³-hybridized carbons (Fsp3) is 0.778. The number of thiol groups is 1. The molecule has 7 heteroatoms. The second-order valence-electron chi connectivity index (χ2n) is 3.52. The molecule has 2 atom stereocenters. The van der Waals surface area contributed by atoms with E-state index in [1.165, 1.54) is 0 Å². The zero-order valence-electron chi connectivity index (χ0n) is 9.06. The van der Waals surface area contributed by atoms with Crippen molar-refractivity contribution in [1.29, 1.82) is 0 Å². The van der Waals surface area contributed by atoms with E-state index in [-0.39, 0.29) is 17.6 Å². The Morgan fingerprint density at radius 2 is 2.31 bits per heavy atom. The molecule has 0 amide bonds. The van der Waals surface area contributed by atoms with E-state index in [1.807, 2.05) is 0 Å². The van der Waals surface area contributed by atoms with Gasteiger partial charge in [-0.3, -0.25) is 9.59 Å². The molecular formula is C9H19N3O3S. The van der Waals surface area contributed by atoms with Crippen LogP contribution in [0.15, 0.2) is 0 Å². The maximum absolute atomic E-state index is 10.8. The van der Waals surface area contributed by atoms with Gasteiger partial charge < -0.3 is 21.9 Å². The average molecular weight is 249 g/mol. The number of nitrogens with two attached hydrogens (primary N) is 2. The number of carboxylic acids is 1. The summed E-state index contributed by atoms with van der Waals surface area (Å²) in [6.45, 7) is 1.39. The van der Waals surface area contributed by atoms with Crippen LogP contribution in [0.3, 0.4) is 0 Å². The number of aliphatic carboxylic acids is 1. The molecule has 6 nitrogen and oxygen atoms in total. The van der Waals surface area contributed by atoms with Gasteiger partial charge in [0.25, 0.3) is 0 Å². The lowest BCUT2D eigenvalue weighted by Gasteiger charge is -2.02. The summed E-state index contributed by atoms with van der Waals surface area (Å²) in [6, 6.07) is -1.02. The van der Waals surface area contributed by atoms with Crippen LogP contribution in [-0.4, -0.2) is 47.8 Å². The summed E-state index contributed by atoms with van der Waals surface area (Å²) in [4.78, 5) is 20.6. The Bertz CT molecular complexity index is 238. The molecule has 16 heavy (non-hydrogen) atoms. The highest BCUT2D eigenvalue weighted by molar-refractivity contribution is 7.80. The first-order valence-electron chi connectivity index (χ1n) is 5.07. The van der Waals surface area contributed by atoms with Crippen molar-refractivity contribution >= 4 is 24.4 Å². The summed E-state index contributed by atoms with van der Waals surface area (Å²) >= 11 is 3.65. The molecular weight excluding hydrogens is 230 g/mol. The van der Waals surface area contributed by atoms with Crippen molar-refractivity contribution < 1.29 is 14.7 Å². The van der Waals surface area contributed by atoms with E-state index in [4.69, 9.17) is 16.6 Å². The minimum Gasteiger partial charge on any atom is -0.480 e. The molecule has 94 valence electrons. The number of ketones is 1. The number of carbonyl (C=O) groups is 2. The summed E-state index contributed by atoms with van der Waals surface area (Å²) < 4.78 is 0. The SMILES string of the molecule is NC(CS)C(=O)O.NC1CCCNCC1=O. The smallest absolute Gasteiger partial charge is 0.321 e. The normalized spacial score (nSPS) is 22.7. The van der Waals surface area contributed by atoms with E-state index in [1.54, 1.807) is 0 Å². The predicted octanol–water partition coefficient (Wildman–Crippen LogP) is -1.41. The topological polar surface area (TPSA) is 118 Å².